The summed E-state index contributed by atoms with van der Waals surface area (Å²) in [6, 6.07) is 2.52. The predicted molar refractivity (Wildman–Crippen MR) is 51.7 cm³/mol. The first kappa shape index (κ1) is 11.1. The molecular formula is C9H5BrF2O4. The van der Waals surface area contributed by atoms with Crippen LogP contribution < -0.4 is 9.47 Å². The summed E-state index contributed by atoms with van der Waals surface area (Å²) < 4.78 is 38.5. The zero-order valence-electron chi connectivity index (χ0n) is 7.92. The van der Waals surface area contributed by atoms with Crippen molar-refractivity contribution in [1.29, 1.82) is 0 Å². The number of ether oxygens (including phenoxy) is 3. The highest BCUT2D eigenvalue weighted by molar-refractivity contribution is 9.10. The van der Waals surface area contributed by atoms with Crippen molar-refractivity contribution in [1.82, 2.24) is 0 Å². The molecule has 1 aromatic rings. The molecule has 0 bridgehead atoms. The Hall–Kier alpha value is -1.37. The van der Waals surface area contributed by atoms with E-state index in [9.17, 15) is 13.6 Å². The van der Waals surface area contributed by atoms with Gasteiger partial charge in [0.05, 0.1) is 17.1 Å². The maximum absolute atomic E-state index is 12.8. The number of alkyl halides is 2. The third kappa shape index (κ3) is 1.71. The molecule has 0 unspecified atom stereocenters. The molecule has 0 fully saturated rings. The van der Waals surface area contributed by atoms with E-state index in [2.05, 4.69) is 30.1 Å². The van der Waals surface area contributed by atoms with Crippen molar-refractivity contribution >= 4 is 21.9 Å². The molecule has 0 spiro atoms. The third-order valence-electron chi connectivity index (χ3n) is 1.92. The highest BCUT2D eigenvalue weighted by atomic mass is 79.9. The molecule has 0 aromatic heterocycles. The molecule has 0 radical (unpaired) electrons. The van der Waals surface area contributed by atoms with Crippen molar-refractivity contribution in [2.75, 3.05) is 7.11 Å². The molecule has 16 heavy (non-hydrogen) atoms. The summed E-state index contributed by atoms with van der Waals surface area (Å²) >= 11 is 2.99. The summed E-state index contributed by atoms with van der Waals surface area (Å²) in [4.78, 5) is 11.3. The van der Waals surface area contributed by atoms with Gasteiger partial charge in [0.1, 0.15) is 0 Å². The van der Waals surface area contributed by atoms with E-state index in [1.807, 2.05) is 0 Å². The van der Waals surface area contributed by atoms with E-state index in [-0.39, 0.29) is 21.5 Å². The van der Waals surface area contributed by atoms with Crippen LogP contribution in [0.2, 0.25) is 0 Å². The molecule has 7 heteroatoms. The monoisotopic (exact) mass is 294 g/mol. The quantitative estimate of drug-likeness (QED) is 0.747. The average molecular weight is 295 g/mol. The highest BCUT2D eigenvalue weighted by Gasteiger charge is 2.45. The second-order valence-electron chi connectivity index (χ2n) is 2.91. The fraction of sp³-hybridized carbons (Fsp3) is 0.222. The van der Waals surface area contributed by atoms with E-state index in [1.165, 1.54) is 19.2 Å². The van der Waals surface area contributed by atoms with E-state index in [1.54, 1.807) is 0 Å². The van der Waals surface area contributed by atoms with E-state index in [0.29, 0.717) is 0 Å². The smallest absolute Gasteiger partial charge is 0.465 e. The lowest BCUT2D eigenvalue weighted by Gasteiger charge is -2.05. The molecule has 86 valence electrons. The van der Waals surface area contributed by atoms with Gasteiger partial charge in [-0.15, -0.1) is 8.78 Å². The zero-order chi connectivity index (χ0) is 11.9. The zero-order valence-corrected chi connectivity index (χ0v) is 9.51. The number of carbonyl (C=O) groups excluding carboxylic acids is 1. The van der Waals surface area contributed by atoms with Crippen molar-refractivity contribution in [3.63, 3.8) is 0 Å². The maximum atomic E-state index is 12.8. The lowest BCUT2D eigenvalue weighted by Crippen LogP contribution is -2.26. The largest absolute Gasteiger partial charge is 0.586 e. The molecule has 0 saturated heterocycles. The van der Waals surface area contributed by atoms with Crippen LogP contribution in [0.3, 0.4) is 0 Å². The van der Waals surface area contributed by atoms with Gasteiger partial charge < -0.3 is 14.2 Å². The van der Waals surface area contributed by atoms with Crippen LogP contribution in [0.1, 0.15) is 10.4 Å². The first-order valence-electron chi connectivity index (χ1n) is 4.11. The third-order valence-corrected chi connectivity index (χ3v) is 2.70. The number of carbonyl (C=O) groups is 1. The van der Waals surface area contributed by atoms with E-state index in [4.69, 9.17) is 0 Å². The topological polar surface area (TPSA) is 44.8 Å². The van der Waals surface area contributed by atoms with Gasteiger partial charge in [0.25, 0.3) is 0 Å². The molecule has 0 amide bonds. The first-order chi connectivity index (χ1) is 7.44. The second kappa shape index (κ2) is 3.58. The van der Waals surface area contributed by atoms with Crippen LogP contribution >= 0.6 is 15.9 Å². The summed E-state index contributed by atoms with van der Waals surface area (Å²) in [7, 11) is 1.19. The number of hydrogen-bond acceptors (Lipinski definition) is 4. The molecule has 1 aromatic carbocycles. The van der Waals surface area contributed by atoms with E-state index < -0.39 is 12.3 Å². The van der Waals surface area contributed by atoms with E-state index in [0.717, 1.165) is 0 Å². The highest BCUT2D eigenvalue weighted by Crippen LogP contribution is 2.46. The number of hydrogen-bond donors (Lipinski definition) is 0. The second-order valence-corrected chi connectivity index (χ2v) is 3.71. The lowest BCUT2D eigenvalue weighted by molar-refractivity contribution is -0.286. The maximum Gasteiger partial charge on any atom is 0.586 e. The minimum atomic E-state index is -3.71. The lowest BCUT2D eigenvalue weighted by atomic mass is 10.2. The molecule has 0 N–H and O–H groups in total. The van der Waals surface area contributed by atoms with Crippen molar-refractivity contribution < 1.29 is 27.8 Å². The summed E-state index contributed by atoms with van der Waals surface area (Å²) in [5, 5.41) is 0. The molecule has 0 atom stereocenters. The summed E-state index contributed by atoms with van der Waals surface area (Å²) in [5.74, 6) is -1.01. The minimum absolute atomic E-state index is 0.0778. The number of methoxy groups -OCH3 is 1. The molecule has 1 aliphatic rings. The molecule has 1 heterocycles. The Morgan fingerprint density at radius 1 is 1.44 bits per heavy atom. The van der Waals surface area contributed by atoms with Crippen molar-refractivity contribution in [3.05, 3.63) is 22.2 Å². The van der Waals surface area contributed by atoms with Gasteiger partial charge in [0.2, 0.25) is 0 Å². The minimum Gasteiger partial charge on any atom is -0.465 e. The number of benzene rings is 1. The van der Waals surface area contributed by atoms with Gasteiger partial charge in [-0.3, -0.25) is 0 Å². The Kier molecular flexibility index (Phi) is 2.49. The normalized spacial score (nSPS) is 16.0. The van der Waals surface area contributed by atoms with Crippen molar-refractivity contribution in [3.8, 4) is 11.5 Å². The van der Waals surface area contributed by atoms with Crippen molar-refractivity contribution in [2.45, 2.75) is 6.29 Å². The Balaban J connectivity index is 2.48. The fourth-order valence-electron chi connectivity index (χ4n) is 1.25. The van der Waals surface area contributed by atoms with Crippen LogP contribution in [0.5, 0.6) is 11.5 Å². The van der Waals surface area contributed by atoms with Crippen LogP contribution in [0.4, 0.5) is 8.78 Å². The van der Waals surface area contributed by atoms with Crippen molar-refractivity contribution in [2.24, 2.45) is 0 Å². The van der Waals surface area contributed by atoms with Gasteiger partial charge in [0, 0.05) is 0 Å². The Bertz CT molecular complexity index is 461. The first-order valence-corrected chi connectivity index (χ1v) is 4.90. The van der Waals surface area contributed by atoms with Gasteiger partial charge in [-0.1, -0.05) is 0 Å². The van der Waals surface area contributed by atoms with Gasteiger partial charge in [-0.05, 0) is 28.1 Å². The van der Waals surface area contributed by atoms with Gasteiger partial charge in [-0.25, -0.2) is 4.79 Å². The van der Waals surface area contributed by atoms with Crippen LogP contribution in [-0.2, 0) is 4.74 Å². The molecule has 4 nitrogen and oxygen atoms in total. The number of esters is 1. The Morgan fingerprint density at radius 2 is 2.12 bits per heavy atom. The van der Waals surface area contributed by atoms with Crippen LogP contribution in [0.25, 0.3) is 0 Å². The Labute approximate surface area is 97.2 Å². The standard InChI is InChI=1S/C9H5BrF2O4/c1-14-8(13)4-2-3-5-7(6(4)10)16-9(11,12)15-5/h2-3H,1H3. The van der Waals surface area contributed by atoms with Gasteiger partial charge >= 0.3 is 12.3 Å². The molecule has 0 aliphatic carbocycles. The predicted octanol–water partition coefficient (Wildman–Crippen LogP) is 2.56. The molecule has 2 rings (SSSR count). The van der Waals surface area contributed by atoms with Crippen LogP contribution in [0, 0.1) is 0 Å². The summed E-state index contributed by atoms with van der Waals surface area (Å²) in [6.07, 6.45) is -3.71. The molecule has 1 aliphatic heterocycles. The summed E-state index contributed by atoms with van der Waals surface area (Å²) in [5.41, 5.74) is 0.0857. The summed E-state index contributed by atoms with van der Waals surface area (Å²) in [6.45, 7) is 0. The average Bonchev–Trinajstić information content (AvgIpc) is 2.53. The fourth-order valence-corrected chi connectivity index (χ4v) is 1.82. The number of halogens is 3. The Morgan fingerprint density at radius 3 is 2.75 bits per heavy atom. The van der Waals surface area contributed by atoms with Crippen LogP contribution in [0.15, 0.2) is 16.6 Å². The van der Waals surface area contributed by atoms with Gasteiger partial charge in [-0.2, -0.15) is 0 Å². The van der Waals surface area contributed by atoms with E-state index >= 15 is 0 Å². The molecule has 0 saturated carbocycles. The number of rotatable bonds is 1. The molecular weight excluding hydrogens is 290 g/mol. The van der Waals surface area contributed by atoms with Crippen LogP contribution in [-0.4, -0.2) is 19.4 Å². The number of fused-ring (bicyclic) bond motifs is 1. The SMILES string of the molecule is COC(=O)c1ccc2c(c1Br)OC(F)(F)O2. The van der Waals surface area contributed by atoms with Gasteiger partial charge in [0.15, 0.2) is 11.5 Å².